The van der Waals surface area contributed by atoms with E-state index in [9.17, 15) is 0 Å². The molecule has 1 nitrogen and oxygen atoms in total. The van der Waals surface area contributed by atoms with Crippen LogP contribution in [0.2, 0.25) is 5.02 Å². The minimum Gasteiger partial charge on any atom is -0.368 e. The Labute approximate surface area is 124 Å². The maximum Gasteiger partial charge on any atom is 0.0426 e. The fourth-order valence-electron chi connectivity index (χ4n) is 2.84. The fourth-order valence-corrected chi connectivity index (χ4v) is 3.48. The molecule has 1 aliphatic heterocycles. The highest BCUT2D eigenvalue weighted by Crippen LogP contribution is 2.32. The number of benzene rings is 1. The van der Waals surface area contributed by atoms with Crippen LogP contribution in [0.3, 0.4) is 0 Å². The summed E-state index contributed by atoms with van der Waals surface area (Å²) in [7, 11) is 0. The molecule has 1 saturated heterocycles. The Kier molecular flexibility index (Phi) is 5.38. The van der Waals surface area contributed by atoms with Gasteiger partial charge in [0.1, 0.15) is 0 Å². The first-order chi connectivity index (χ1) is 8.76. The van der Waals surface area contributed by atoms with E-state index in [1.54, 1.807) is 0 Å². The van der Waals surface area contributed by atoms with E-state index in [0.717, 1.165) is 10.4 Å². The van der Waals surface area contributed by atoms with E-state index < -0.39 is 0 Å². The molecule has 1 aromatic rings. The molecule has 3 heteroatoms. The number of hydrogen-bond donors (Lipinski definition) is 0. The quantitative estimate of drug-likeness (QED) is 0.671. The zero-order valence-electron chi connectivity index (χ0n) is 11.0. The SMILES string of the molecule is CCC1CCCCCN1c1cc(Cl)ccc1CBr. The summed E-state index contributed by atoms with van der Waals surface area (Å²) in [5, 5.41) is 1.74. The summed E-state index contributed by atoms with van der Waals surface area (Å²) >= 11 is 9.77. The zero-order chi connectivity index (χ0) is 13.0. The van der Waals surface area contributed by atoms with Crippen molar-refractivity contribution in [3.63, 3.8) is 0 Å². The second kappa shape index (κ2) is 6.81. The molecular weight excluding hydrogens is 310 g/mol. The highest BCUT2D eigenvalue weighted by atomic mass is 79.9. The molecule has 0 N–H and O–H groups in total. The van der Waals surface area contributed by atoms with Crippen molar-refractivity contribution in [2.24, 2.45) is 0 Å². The Morgan fingerprint density at radius 3 is 2.89 bits per heavy atom. The summed E-state index contributed by atoms with van der Waals surface area (Å²) in [5.41, 5.74) is 2.67. The topological polar surface area (TPSA) is 3.24 Å². The third-order valence-corrected chi connectivity index (χ3v) is 4.69. The predicted molar refractivity (Wildman–Crippen MR) is 84.0 cm³/mol. The van der Waals surface area contributed by atoms with Crippen LogP contribution in [0.15, 0.2) is 18.2 Å². The zero-order valence-corrected chi connectivity index (χ0v) is 13.3. The van der Waals surface area contributed by atoms with E-state index in [0.29, 0.717) is 6.04 Å². The average Bonchev–Trinajstić information content (AvgIpc) is 2.63. The van der Waals surface area contributed by atoms with Gasteiger partial charge in [-0.05, 0) is 37.0 Å². The number of nitrogens with zero attached hydrogens (tertiary/aromatic N) is 1. The molecule has 1 fully saturated rings. The summed E-state index contributed by atoms with van der Waals surface area (Å²) in [4.78, 5) is 2.58. The standard InChI is InChI=1S/C15H21BrClN/c1-2-14-6-4-3-5-9-18(14)15-10-13(17)8-7-12(15)11-16/h7-8,10,14H,2-6,9,11H2,1H3. The third kappa shape index (κ3) is 3.21. The maximum atomic E-state index is 6.18. The summed E-state index contributed by atoms with van der Waals surface area (Å²) < 4.78 is 0. The van der Waals surface area contributed by atoms with Gasteiger partial charge in [-0.25, -0.2) is 0 Å². The molecular formula is C15H21BrClN. The minimum absolute atomic E-state index is 0.670. The fraction of sp³-hybridized carbons (Fsp3) is 0.600. The van der Waals surface area contributed by atoms with Crippen molar-refractivity contribution in [1.82, 2.24) is 0 Å². The lowest BCUT2D eigenvalue weighted by molar-refractivity contribution is 0.555. The van der Waals surface area contributed by atoms with Crippen LogP contribution in [0.5, 0.6) is 0 Å². The van der Waals surface area contributed by atoms with Crippen molar-refractivity contribution in [1.29, 1.82) is 0 Å². The minimum atomic E-state index is 0.670. The van der Waals surface area contributed by atoms with Crippen LogP contribution in [-0.2, 0) is 5.33 Å². The van der Waals surface area contributed by atoms with Crippen LogP contribution in [0, 0.1) is 0 Å². The monoisotopic (exact) mass is 329 g/mol. The van der Waals surface area contributed by atoms with E-state index in [4.69, 9.17) is 11.6 Å². The Morgan fingerprint density at radius 2 is 2.17 bits per heavy atom. The summed E-state index contributed by atoms with van der Waals surface area (Å²) in [6.45, 7) is 3.46. The molecule has 2 rings (SSSR count). The first kappa shape index (κ1) is 14.2. The molecule has 1 unspecified atom stereocenters. The summed E-state index contributed by atoms with van der Waals surface area (Å²) in [6.07, 6.45) is 6.54. The largest absolute Gasteiger partial charge is 0.368 e. The summed E-state index contributed by atoms with van der Waals surface area (Å²) in [5.74, 6) is 0. The van der Waals surface area contributed by atoms with E-state index in [2.05, 4.69) is 39.9 Å². The van der Waals surface area contributed by atoms with Crippen molar-refractivity contribution in [3.8, 4) is 0 Å². The molecule has 1 heterocycles. The van der Waals surface area contributed by atoms with Crippen LogP contribution in [0.4, 0.5) is 5.69 Å². The van der Waals surface area contributed by atoms with Gasteiger partial charge in [-0.15, -0.1) is 0 Å². The van der Waals surface area contributed by atoms with Crippen LogP contribution < -0.4 is 4.90 Å². The van der Waals surface area contributed by atoms with Gasteiger partial charge in [0.2, 0.25) is 0 Å². The highest BCUT2D eigenvalue weighted by Gasteiger charge is 2.21. The maximum absolute atomic E-state index is 6.18. The van der Waals surface area contributed by atoms with E-state index in [-0.39, 0.29) is 0 Å². The highest BCUT2D eigenvalue weighted by molar-refractivity contribution is 9.08. The summed E-state index contributed by atoms with van der Waals surface area (Å²) in [6, 6.07) is 6.93. The Morgan fingerprint density at radius 1 is 1.33 bits per heavy atom. The molecule has 0 aliphatic carbocycles. The van der Waals surface area contributed by atoms with Crippen LogP contribution in [0.25, 0.3) is 0 Å². The van der Waals surface area contributed by atoms with Crippen LogP contribution in [0.1, 0.15) is 44.6 Å². The van der Waals surface area contributed by atoms with Gasteiger partial charge in [0, 0.05) is 28.6 Å². The van der Waals surface area contributed by atoms with Crippen molar-refractivity contribution >= 4 is 33.2 Å². The van der Waals surface area contributed by atoms with Crippen LogP contribution in [-0.4, -0.2) is 12.6 Å². The smallest absolute Gasteiger partial charge is 0.0426 e. The second-order valence-corrected chi connectivity index (χ2v) is 6.01. The normalized spacial score (nSPS) is 20.8. The van der Waals surface area contributed by atoms with Crippen molar-refractivity contribution < 1.29 is 0 Å². The number of anilines is 1. The van der Waals surface area contributed by atoms with Gasteiger partial charge in [-0.2, -0.15) is 0 Å². The third-order valence-electron chi connectivity index (χ3n) is 3.85. The molecule has 100 valence electrons. The van der Waals surface area contributed by atoms with Gasteiger partial charge in [0.15, 0.2) is 0 Å². The van der Waals surface area contributed by atoms with Gasteiger partial charge in [-0.3, -0.25) is 0 Å². The number of rotatable bonds is 3. The molecule has 0 radical (unpaired) electrons. The van der Waals surface area contributed by atoms with Gasteiger partial charge >= 0.3 is 0 Å². The van der Waals surface area contributed by atoms with E-state index in [1.165, 1.54) is 49.9 Å². The Balaban J connectivity index is 2.34. The van der Waals surface area contributed by atoms with E-state index in [1.807, 2.05) is 6.07 Å². The lowest BCUT2D eigenvalue weighted by Crippen LogP contribution is -2.35. The molecule has 0 bridgehead atoms. The second-order valence-electron chi connectivity index (χ2n) is 5.01. The van der Waals surface area contributed by atoms with Crippen molar-refractivity contribution in [3.05, 3.63) is 28.8 Å². The number of hydrogen-bond acceptors (Lipinski definition) is 1. The average molecular weight is 331 g/mol. The number of alkyl halides is 1. The first-order valence-corrected chi connectivity index (χ1v) is 8.37. The van der Waals surface area contributed by atoms with Gasteiger partial charge in [0.05, 0.1) is 0 Å². The molecule has 0 amide bonds. The van der Waals surface area contributed by atoms with Gasteiger partial charge < -0.3 is 4.90 Å². The van der Waals surface area contributed by atoms with Crippen molar-refractivity contribution in [2.45, 2.75) is 50.4 Å². The molecule has 1 aromatic carbocycles. The lowest BCUT2D eigenvalue weighted by Gasteiger charge is -2.33. The Hall–Kier alpha value is -0.210. The molecule has 0 spiro atoms. The predicted octanol–water partition coefficient (Wildman–Crippen LogP) is 5.39. The molecule has 1 atom stereocenters. The Bertz CT molecular complexity index is 394. The molecule has 18 heavy (non-hydrogen) atoms. The van der Waals surface area contributed by atoms with Gasteiger partial charge in [0.25, 0.3) is 0 Å². The van der Waals surface area contributed by atoms with Crippen LogP contribution >= 0.6 is 27.5 Å². The molecule has 1 aliphatic rings. The van der Waals surface area contributed by atoms with Gasteiger partial charge in [-0.1, -0.05) is 53.4 Å². The lowest BCUT2D eigenvalue weighted by atomic mass is 10.1. The molecule has 0 saturated carbocycles. The number of halogens is 2. The van der Waals surface area contributed by atoms with E-state index >= 15 is 0 Å². The van der Waals surface area contributed by atoms with Crippen molar-refractivity contribution in [2.75, 3.05) is 11.4 Å². The first-order valence-electron chi connectivity index (χ1n) is 6.87. The molecule has 0 aromatic heterocycles.